The summed E-state index contributed by atoms with van der Waals surface area (Å²) >= 11 is 0. The Bertz CT molecular complexity index is 521. The summed E-state index contributed by atoms with van der Waals surface area (Å²) in [6.07, 6.45) is 0. The van der Waals surface area contributed by atoms with E-state index in [0.717, 1.165) is 6.07 Å². The molecule has 19 heavy (non-hydrogen) atoms. The van der Waals surface area contributed by atoms with Gasteiger partial charge in [0.1, 0.15) is 5.82 Å². The second kappa shape index (κ2) is 5.33. The molecular formula is C12H14FN3O3. The predicted octanol–water partition coefficient (Wildman–Crippen LogP) is -0.163. The van der Waals surface area contributed by atoms with Crippen molar-refractivity contribution in [1.29, 1.82) is 0 Å². The molecule has 0 aliphatic carbocycles. The Morgan fingerprint density at radius 3 is 2.68 bits per heavy atom. The second-order valence-electron chi connectivity index (χ2n) is 4.36. The molecule has 2 rings (SSSR count). The molecular weight excluding hydrogens is 253 g/mol. The fraction of sp³-hybridized carbons (Fsp3) is 0.333. The van der Waals surface area contributed by atoms with Crippen LogP contribution in [0.1, 0.15) is 10.4 Å². The smallest absolute Gasteiger partial charge is 0.251 e. The highest BCUT2D eigenvalue weighted by Gasteiger charge is 2.31. The van der Waals surface area contributed by atoms with Crippen LogP contribution in [-0.2, 0) is 9.53 Å². The van der Waals surface area contributed by atoms with Gasteiger partial charge in [0.2, 0.25) is 5.91 Å². The zero-order valence-electron chi connectivity index (χ0n) is 10.1. The number of halogens is 1. The molecule has 0 spiro atoms. The largest absolute Gasteiger partial charge is 0.379 e. The highest BCUT2D eigenvalue weighted by atomic mass is 19.1. The third kappa shape index (κ3) is 2.88. The molecule has 0 radical (unpaired) electrons. The van der Waals surface area contributed by atoms with Gasteiger partial charge in [0.25, 0.3) is 5.91 Å². The summed E-state index contributed by atoms with van der Waals surface area (Å²) < 4.78 is 18.4. The highest BCUT2D eigenvalue weighted by Crippen LogP contribution is 2.18. The number of hydrogen-bond donors (Lipinski definition) is 3. The maximum absolute atomic E-state index is 13.3. The highest BCUT2D eigenvalue weighted by molar-refractivity contribution is 5.97. The molecule has 2 atom stereocenters. The first-order chi connectivity index (χ1) is 8.99. The molecule has 1 aromatic rings. The topological polar surface area (TPSA) is 107 Å². The van der Waals surface area contributed by atoms with Crippen molar-refractivity contribution in [3.63, 3.8) is 0 Å². The van der Waals surface area contributed by atoms with Gasteiger partial charge in [-0.1, -0.05) is 0 Å². The number of carbonyl (C=O) groups is 2. The van der Waals surface area contributed by atoms with E-state index in [9.17, 15) is 14.0 Å². The number of rotatable bonds is 3. The lowest BCUT2D eigenvalue weighted by Crippen LogP contribution is -2.37. The molecule has 1 saturated heterocycles. The van der Waals surface area contributed by atoms with Crippen molar-refractivity contribution in [2.24, 2.45) is 17.4 Å². The summed E-state index contributed by atoms with van der Waals surface area (Å²) in [7, 11) is 0. The van der Waals surface area contributed by atoms with E-state index in [4.69, 9.17) is 16.2 Å². The summed E-state index contributed by atoms with van der Waals surface area (Å²) in [4.78, 5) is 22.9. The molecule has 1 aliphatic heterocycles. The fourth-order valence-electron chi connectivity index (χ4n) is 1.87. The monoisotopic (exact) mass is 267 g/mol. The van der Waals surface area contributed by atoms with E-state index < -0.39 is 17.6 Å². The standard InChI is InChI=1S/C12H14FN3O3/c13-9-2-1-6(3-7(9)11(15)17)16-12(18)8-4-19-5-10(8)14/h1-3,8,10H,4-5,14H2,(H2,15,17)(H,16,18). The number of nitrogens with two attached hydrogens (primary N) is 2. The van der Waals surface area contributed by atoms with Crippen LogP contribution >= 0.6 is 0 Å². The predicted molar refractivity (Wildman–Crippen MR) is 65.8 cm³/mol. The molecule has 0 saturated carbocycles. The maximum Gasteiger partial charge on any atom is 0.251 e. The molecule has 1 aromatic carbocycles. The first-order valence-electron chi connectivity index (χ1n) is 5.72. The third-order valence-electron chi connectivity index (χ3n) is 2.96. The minimum absolute atomic E-state index is 0.247. The number of carbonyl (C=O) groups excluding carboxylic acids is 2. The average Bonchev–Trinajstić information content (AvgIpc) is 2.77. The number of ether oxygens (including phenoxy) is 1. The van der Waals surface area contributed by atoms with Gasteiger partial charge in [-0.2, -0.15) is 0 Å². The van der Waals surface area contributed by atoms with E-state index in [1.54, 1.807) is 0 Å². The van der Waals surface area contributed by atoms with E-state index in [-0.39, 0.29) is 24.1 Å². The van der Waals surface area contributed by atoms with Crippen molar-refractivity contribution in [2.45, 2.75) is 6.04 Å². The number of primary amides is 1. The van der Waals surface area contributed by atoms with Crippen LogP contribution in [0.5, 0.6) is 0 Å². The van der Waals surface area contributed by atoms with Gasteiger partial charge < -0.3 is 21.5 Å². The summed E-state index contributed by atoms with van der Waals surface area (Å²) in [5.41, 5.74) is 10.8. The van der Waals surface area contributed by atoms with E-state index in [1.807, 2.05) is 0 Å². The number of amides is 2. The van der Waals surface area contributed by atoms with Gasteiger partial charge in [-0.05, 0) is 18.2 Å². The molecule has 6 nitrogen and oxygen atoms in total. The van der Waals surface area contributed by atoms with Gasteiger partial charge >= 0.3 is 0 Å². The van der Waals surface area contributed by atoms with Crippen molar-refractivity contribution in [3.8, 4) is 0 Å². The molecule has 7 heteroatoms. The first-order valence-corrected chi connectivity index (χ1v) is 5.72. The van der Waals surface area contributed by atoms with Crippen LogP contribution in [0, 0.1) is 11.7 Å². The zero-order chi connectivity index (χ0) is 14.0. The van der Waals surface area contributed by atoms with Gasteiger partial charge in [-0.3, -0.25) is 9.59 Å². The molecule has 5 N–H and O–H groups in total. The van der Waals surface area contributed by atoms with Gasteiger partial charge in [-0.15, -0.1) is 0 Å². The molecule has 2 unspecified atom stereocenters. The summed E-state index contributed by atoms with van der Waals surface area (Å²) in [5, 5.41) is 2.56. The van der Waals surface area contributed by atoms with E-state index in [0.29, 0.717) is 12.3 Å². The van der Waals surface area contributed by atoms with Crippen LogP contribution < -0.4 is 16.8 Å². The molecule has 102 valence electrons. The van der Waals surface area contributed by atoms with E-state index in [2.05, 4.69) is 5.32 Å². The molecule has 1 fully saturated rings. The Labute approximate surface area is 108 Å². The van der Waals surface area contributed by atoms with Crippen molar-refractivity contribution in [2.75, 3.05) is 18.5 Å². The normalized spacial score (nSPS) is 22.2. The zero-order valence-corrected chi connectivity index (χ0v) is 10.1. The van der Waals surface area contributed by atoms with Crippen LogP contribution in [-0.4, -0.2) is 31.1 Å². The lowest BCUT2D eigenvalue weighted by Gasteiger charge is -2.13. The molecule has 2 amide bonds. The first kappa shape index (κ1) is 13.4. The van der Waals surface area contributed by atoms with Crippen LogP contribution in [0.2, 0.25) is 0 Å². The fourth-order valence-corrected chi connectivity index (χ4v) is 1.87. The number of hydrogen-bond acceptors (Lipinski definition) is 4. The quantitative estimate of drug-likeness (QED) is 0.707. The Balaban J connectivity index is 2.13. The van der Waals surface area contributed by atoms with Crippen LogP contribution in [0.25, 0.3) is 0 Å². The van der Waals surface area contributed by atoms with Crippen molar-refractivity contribution in [1.82, 2.24) is 0 Å². The van der Waals surface area contributed by atoms with Gasteiger partial charge in [-0.25, -0.2) is 4.39 Å². The van der Waals surface area contributed by atoms with Crippen molar-refractivity contribution >= 4 is 17.5 Å². The Kier molecular flexibility index (Phi) is 3.77. The van der Waals surface area contributed by atoms with Crippen LogP contribution in [0.15, 0.2) is 18.2 Å². The Morgan fingerprint density at radius 2 is 2.11 bits per heavy atom. The number of nitrogens with one attached hydrogen (secondary N) is 1. The van der Waals surface area contributed by atoms with Gasteiger partial charge in [0.15, 0.2) is 0 Å². The third-order valence-corrected chi connectivity index (χ3v) is 2.96. The van der Waals surface area contributed by atoms with Crippen LogP contribution in [0.3, 0.4) is 0 Å². The van der Waals surface area contributed by atoms with E-state index in [1.165, 1.54) is 12.1 Å². The lowest BCUT2D eigenvalue weighted by atomic mass is 10.0. The maximum atomic E-state index is 13.3. The minimum Gasteiger partial charge on any atom is -0.379 e. The summed E-state index contributed by atoms with van der Waals surface area (Å²) in [6.45, 7) is 0.574. The number of anilines is 1. The average molecular weight is 267 g/mol. The van der Waals surface area contributed by atoms with E-state index >= 15 is 0 Å². The molecule has 0 bridgehead atoms. The van der Waals surface area contributed by atoms with Crippen molar-refractivity contribution in [3.05, 3.63) is 29.6 Å². The lowest BCUT2D eigenvalue weighted by molar-refractivity contribution is -0.120. The Hall–Kier alpha value is -1.99. The van der Waals surface area contributed by atoms with Crippen LogP contribution in [0.4, 0.5) is 10.1 Å². The van der Waals surface area contributed by atoms with Gasteiger partial charge in [0, 0.05) is 11.7 Å². The number of benzene rings is 1. The molecule has 1 heterocycles. The summed E-state index contributed by atoms with van der Waals surface area (Å²) in [5.74, 6) is -2.41. The summed E-state index contributed by atoms with van der Waals surface area (Å²) in [6, 6.07) is 3.25. The molecule has 1 aliphatic rings. The van der Waals surface area contributed by atoms with Crippen molar-refractivity contribution < 1.29 is 18.7 Å². The minimum atomic E-state index is -0.894. The second-order valence-corrected chi connectivity index (χ2v) is 4.36. The molecule has 0 aromatic heterocycles. The van der Waals surface area contributed by atoms with Gasteiger partial charge in [0.05, 0.1) is 24.7 Å². The Morgan fingerprint density at radius 1 is 1.37 bits per heavy atom. The SMILES string of the molecule is NC(=O)c1cc(NC(=O)C2COCC2N)ccc1F.